The third-order valence-electron chi connectivity index (χ3n) is 7.65. The highest BCUT2D eigenvalue weighted by Crippen LogP contribution is 2.29. The summed E-state index contributed by atoms with van der Waals surface area (Å²) in [7, 11) is 0. The molecule has 9 nitrogen and oxygen atoms in total. The van der Waals surface area contributed by atoms with E-state index in [-0.39, 0.29) is 43.1 Å². The first-order valence-electron chi connectivity index (χ1n) is 14.0. The molecule has 1 saturated heterocycles. The van der Waals surface area contributed by atoms with E-state index in [0.29, 0.717) is 13.1 Å². The van der Waals surface area contributed by atoms with Crippen LogP contribution >= 0.6 is 0 Å². The number of amides is 1. The van der Waals surface area contributed by atoms with Crippen LogP contribution in [-0.4, -0.2) is 64.5 Å². The van der Waals surface area contributed by atoms with Crippen LogP contribution in [0.5, 0.6) is 0 Å². The second-order valence-electron chi connectivity index (χ2n) is 10.2. The highest BCUT2D eigenvalue weighted by molar-refractivity contribution is 5.96. The van der Waals surface area contributed by atoms with E-state index in [9.17, 15) is 14.4 Å². The SMILES string of the molecule is CCN(C(=O)CN1CCN(C(c2ccccc2)c2ccccc2)CC1)c1c(N)n(Cc2ccccc2)c(=O)[nH]c1=O. The second kappa shape index (κ2) is 12.8. The average molecular weight is 553 g/mol. The van der Waals surface area contributed by atoms with Gasteiger partial charge in [-0.25, -0.2) is 4.79 Å². The Bertz CT molecular complexity index is 1520. The summed E-state index contributed by atoms with van der Waals surface area (Å²) in [5.74, 6) is -0.248. The van der Waals surface area contributed by atoms with Crippen LogP contribution in [0.25, 0.3) is 0 Å². The monoisotopic (exact) mass is 552 g/mol. The van der Waals surface area contributed by atoms with Crippen molar-refractivity contribution in [2.24, 2.45) is 0 Å². The molecule has 2 heterocycles. The van der Waals surface area contributed by atoms with Crippen LogP contribution < -0.4 is 21.9 Å². The number of anilines is 2. The quantitative estimate of drug-likeness (QED) is 0.331. The van der Waals surface area contributed by atoms with Crippen LogP contribution in [0.15, 0.2) is 101 Å². The number of nitrogens with zero attached hydrogens (tertiary/aromatic N) is 4. The van der Waals surface area contributed by atoms with Crippen LogP contribution in [0.4, 0.5) is 11.5 Å². The molecular formula is C32H36N6O3. The lowest BCUT2D eigenvalue weighted by Crippen LogP contribution is -2.51. The summed E-state index contributed by atoms with van der Waals surface area (Å²) in [5, 5.41) is 0. The Morgan fingerprint density at radius 3 is 1.93 bits per heavy atom. The zero-order valence-electron chi connectivity index (χ0n) is 23.3. The van der Waals surface area contributed by atoms with Gasteiger partial charge < -0.3 is 10.6 Å². The minimum absolute atomic E-state index is 0.0138. The van der Waals surface area contributed by atoms with E-state index in [1.165, 1.54) is 20.6 Å². The molecule has 3 aromatic carbocycles. The fraction of sp³-hybridized carbons (Fsp3) is 0.281. The molecule has 0 saturated carbocycles. The van der Waals surface area contributed by atoms with Gasteiger partial charge in [-0.05, 0) is 23.6 Å². The van der Waals surface area contributed by atoms with Gasteiger partial charge in [0, 0.05) is 32.7 Å². The molecule has 9 heteroatoms. The number of hydrogen-bond acceptors (Lipinski definition) is 6. The number of piperazine rings is 1. The molecule has 1 fully saturated rings. The number of nitrogens with two attached hydrogens (primary N) is 1. The molecule has 0 spiro atoms. The van der Waals surface area contributed by atoms with E-state index in [1.54, 1.807) is 6.92 Å². The van der Waals surface area contributed by atoms with Gasteiger partial charge in [-0.1, -0.05) is 91.0 Å². The largest absolute Gasteiger partial charge is 0.383 e. The fourth-order valence-electron chi connectivity index (χ4n) is 5.56. The maximum atomic E-state index is 13.5. The topological polar surface area (TPSA) is 108 Å². The van der Waals surface area contributed by atoms with E-state index < -0.39 is 11.2 Å². The van der Waals surface area contributed by atoms with Crippen molar-refractivity contribution in [3.8, 4) is 0 Å². The van der Waals surface area contributed by atoms with Gasteiger partial charge >= 0.3 is 5.69 Å². The van der Waals surface area contributed by atoms with Crippen molar-refractivity contribution in [2.45, 2.75) is 19.5 Å². The van der Waals surface area contributed by atoms with E-state index in [2.05, 4.69) is 63.3 Å². The van der Waals surface area contributed by atoms with Crippen LogP contribution in [0, 0.1) is 0 Å². The third-order valence-corrected chi connectivity index (χ3v) is 7.65. The van der Waals surface area contributed by atoms with E-state index >= 15 is 0 Å². The summed E-state index contributed by atoms with van der Waals surface area (Å²) in [6, 6.07) is 30.5. The zero-order valence-corrected chi connectivity index (χ0v) is 23.3. The summed E-state index contributed by atoms with van der Waals surface area (Å²) in [4.78, 5) is 47.3. The average Bonchev–Trinajstić information content (AvgIpc) is 3.00. The molecule has 1 aromatic heterocycles. The predicted molar refractivity (Wildman–Crippen MR) is 162 cm³/mol. The summed E-state index contributed by atoms with van der Waals surface area (Å²) >= 11 is 0. The molecule has 1 aliphatic heterocycles. The number of carbonyl (C=O) groups is 1. The molecule has 0 atom stereocenters. The molecule has 4 aromatic rings. The molecule has 1 amide bonds. The van der Waals surface area contributed by atoms with Gasteiger partial charge in [0.25, 0.3) is 5.56 Å². The lowest BCUT2D eigenvalue weighted by Gasteiger charge is -2.40. The molecule has 1 aliphatic rings. The van der Waals surface area contributed by atoms with Gasteiger partial charge in [-0.3, -0.25) is 28.9 Å². The zero-order chi connectivity index (χ0) is 28.8. The van der Waals surface area contributed by atoms with Crippen LogP contribution in [0.3, 0.4) is 0 Å². The minimum Gasteiger partial charge on any atom is -0.383 e. The number of aromatic amines is 1. The maximum absolute atomic E-state index is 13.5. The van der Waals surface area contributed by atoms with Crippen LogP contribution in [0.1, 0.15) is 29.7 Å². The standard InChI is InChI=1S/C32H36N6O3/c1-2-37(29-30(33)38(32(41)34-31(29)40)22-24-12-6-3-7-13-24)27(39)23-35-18-20-36(21-19-35)28(25-14-8-4-9-15-25)26-16-10-5-11-17-26/h3-17,28H,2,18-23,33H2,1H3,(H,34,40,41). The molecular weight excluding hydrogens is 516 g/mol. The fourth-order valence-corrected chi connectivity index (χ4v) is 5.56. The Morgan fingerprint density at radius 1 is 0.854 bits per heavy atom. The number of benzene rings is 3. The Kier molecular flexibility index (Phi) is 8.76. The molecule has 0 unspecified atom stereocenters. The molecule has 212 valence electrons. The van der Waals surface area contributed by atoms with Crippen LogP contribution in [-0.2, 0) is 11.3 Å². The second-order valence-corrected chi connectivity index (χ2v) is 10.2. The van der Waals surface area contributed by atoms with Gasteiger partial charge in [0.05, 0.1) is 19.1 Å². The highest BCUT2D eigenvalue weighted by Gasteiger charge is 2.29. The summed E-state index contributed by atoms with van der Waals surface area (Å²) in [6.45, 7) is 5.38. The van der Waals surface area contributed by atoms with Crippen molar-refractivity contribution in [3.63, 3.8) is 0 Å². The summed E-state index contributed by atoms with van der Waals surface area (Å²) < 4.78 is 1.30. The van der Waals surface area contributed by atoms with Gasteiger partial charge in [0.2, 0.25) is 5.91 Å². The third kappa shape index (κ3) is 6.32. The molecule has 3 N–H and O–H groups in total. The van der Waals surface area contributed by atoms with E-state index in [0.717, 1.165) is 18.7 Å². The van der Waals surface area contributed by atoms with Gasteiger partial charge in [-0.15, -0.1) is 0 Å². The summed E-state index contributed by atoms with van der Waals surface area (Å²) in [6.07, 6.45) is 0. The number of aromatic nitrogens is 2. The minimum atomic E-state index is -0.662. The first-order chi connectivity index (χ1) is 20.0. The number of hydrogen-bond donors (Lipinski definition) is 2. The molecule has 5 rings (SSSR count). The number of nitrogens with one attached hydrogen (secondary N) is 1. The summed E-state index contributed by atoms with van der Waals surface area (Å²) in [5.41, 5.74) is 8.45. The van der Waals surface area contributed by atoms with Crippen molar-refractivity contribution >= 4 is 17.4 Å². The lowest BCUT2D eigenvalue weighted by atomic mass is 9.96. The van der Waals surface area contributed by atoms with Crippen molar-refractivity contribution in [3.05, 3.63) is 129 Å². The smallest absolute Gasteiger partial charge is 0.330 e. The van der Waals surface area contributed by atoms with Crippen molar-refractivity contribution in [1.29, 1.82) is 0 Å². The molecule has 0 aliphatic carbocycles. The van der Waals surface area contributed by atoms with Crippen molar-refractivity contribution < 1.29 is 4.79 Å². The van der Waals surface area contributed by atoms with Crippen molar-refractivity contribution in [2.75, 3.05) is 49.9 Å². The van der Waals surface area contributed by atoms with Gasteiger partial charge in [0.15, 0.2) is 5.69 Å². The Hall–Kier alpha value is -4.47. The van der Waals surface area contributed by atoms with Gasteiger partial charge in [0.1, 0.15) is 5.82 Å². The molecule has 41 heavy (non-hydrogen) atoms. The Balaban J connectivity index is 1.30. The highest BCUT2D eigenvalue weighted by atomic mass is 16.2. The maximum Gasteiger partial charge on any atom is 0.330 e. The predicted octanol–water partition coefficient (Wildman–Crippen LogP) is 2.93. The number of H-pyrrole nitrogens is 1. The van der Waals surface area contributed by atoms with E-state index in [4.69, 9.17) is 5.73 Å². The molecule has 0 bridgehead atoms. The first kappa shape index (κ1) is 28.1. The van der Waals surface area contributed by atoms with Gasteiger partial charge in [-0.2, -0.15) is 0 Å². The van der Waals surface area contributed by atoms with Crippen LogP contribution in [0.2, 0.25) is 0 Å². The lowest BCUT2D eigenvalue weighted by molar-refractivity contribution is -0.120. The number of rotatable bonds is 9. The Morgan fingerprint density at radius 2 is 1.39 bits per heavy atom. The first-order valence-corrected chi connectivity index (χ1v) is 14.0. The number of nitrogen functional groups attached to an aromatic ring is 1. The van der Waals surface area contributed by atoms with Crippen molar-refractivity contribution in [1.82, 2.24) is 19.4 Å². The number of carbonyl (C=O) groups excluding carboxylic acids is 1. The van der Waals surface area contributed by atoms with E-state index in [1.807, 2.05) is 42.5 Å². The normalized spacial score (nSPS) is 14.3. The number of likely N-dealkylation sites (N-methyl/N-ethyl adjacent to an activating group) is 1. The molecule has 0 radical (unpaired) electrons. The Labute approximate surface area is 239 Å².